The zero-order valence-corrected chi connectivity index (χ0v) is 23.0. The Morgan fingerprint density at radius 2 is 1.77 bits per heavy atom. The van der Waals surface area contributed by atoms with Crippen molar-refractivity contribution in [3.05, 3.63) is 88.1 Å². The van der Waals surface area contributed by atoms with Gasteiger partial charge in [-0.3, -0.25) is 19.3 Å². The first-order valence-corrected chi connectivity index (χ1v) is 14.1. The topological polar surface area (TPSA) is 88.2 Å². The highest BCUT2D eigenvalue weighted by Gasteiger charge is 2.54. The summed E-state index contributed by atoms with van der Waals surface area (Å²) in [6.45, 7) is 2.92. The Labute approximate surface area is 232 Å². The molecule has 2 atom stereocenters. The lowest BCUT2D eigenvalue weighted by Crippen LogP contribution is -2.60. The van der Waals surface area contributed by atoms with Crippen LogP contribution < -0.4 is 10.1 Å². The van der Waals surface area contributed by atoms with Crippen LogP contribution in [0.2, 0.25) is 0 Å². The number of hydrogen-bond donors (Lipinski definition) is 1. The monoisotopic (exact) mass is 547 g/mol. The van der Waals surface area contributed by atoms with E-state index in [1.807, 2.05) is 59.7 Å². The smallest absolute Gasteiger partial charge is 0.256 e. The fraction of sp³-hybridized carbons (Fsp3) is 0.367. The van der Waals surface area contributed by atoms with Gasteiger partial charge < -0.3 is 19.7 Å². The molecule has 0 radical (unpaired) electrons. The van der Waals surface area contributed by atoms with Gasteiger partial charge in [0.1, 0.15) is 17.5 Å². The van der Waals surface area contributed by atoms with Crippen molar-refractivity contribution in [1.82, 2.24) is 15.1 Å². The largest absolute Gasteiger partial charge is 0.497 e. The normalized spacial score (nSPS) is 19.1. The molecule has 3 amide bonds. The molecule has 0 bridgehead atoms. The summed E-state index contributed by atoms with van der Waals surface area (Å²) in [7, 11) is 1.57. The fourth-order valence-corrected chi connectivity index (χ4v) is 6.05. The second kappa shape index (κ2) is 11.6. The number of carbonyl (C=O) groups excluding carboxylic acids is 3. The van der Waals surface area contributed by atoms with Gasteiger partial charge in [0.2, 0.25) is 11.8 Å². The van der Waals surface area contributed by atoms with Crippen LogP contribution in [0.1, 0.15) is 46.6 Å². The Morgan fingerprint density at radius 3 is 2.41 bits per heavy atom. The number of methoxy groups -OCH3 is 1. The number of thiophene rings is 1. The van der Waals surface area contributed by atoms with Crippen LogP contribution in [-0.4, -0.2) is 66.1 Å². The Balaban J connectivity index is 1.36. The average molecular weight is 548 g/mol. The Hall–Kier alpha value is -3.69. The molecule has 39 heavy (non-hydrogen) atoms. The molecule has 2 aliphatic rings. The van der Waals surface area contributed by atoms with Gasteiger partial charge in [-0.2, -0.15) is 0 Å². The van der Waals surface area contributed by atoms with E-state index >= 15 is 0 Å². The summed E-state index contributed by atoms with van der Waals surface area (Å²) < 4.78 is 11.6. The molecule has 0 saturated carbocycles. The molecule has 2 aliphatic heterocycles. The van der Waals surface area contributed by atoms with Gasteiger partial charge in [0, 0.05) is 36.4 Å². The molecule has 8 nitrogen and oxygen atoms in total. The standard InChI is InChI=1S/C30H33N3O5S/c1-21(22-7-4-3-5-8-22)31-28(35)26-20-38-30(33(26)29(36)23-10-12-24(37-2)13-11-23)14-16-32(17-15-30)27(34)19-25-9-6-18-39-25/h3-13,18,21,26H,14-17,19-20H2,1-2H3,(H,31,35)/t21-,26+/m0/s1. The lowest BCUT2D eigenvalue weighted by Gasteiger charge is -2.44. The molecular weight excluding hydrogens is 514 g/mol. The predicted molar refractivity (Wildman–Crippen MR) is 148 cm³/mol. The summed E-state index contributed by atoms with van der Waals surface area (Å²) >= 11 is 1.57. The maximum absolute atomic E-state index is 14.0. The van der Waals surface area contributed by atoms with E-state index in [0.717, 1.165) is 10.4 Å². The molecule has 204 valence electrons. The number of rotatable bonds is 7. The average Bonchev–Trinajstić information content (AvgIpc) is 3.61. The first kappa shape index (κ1) is 26.9. The molecule has 9 heteroatoms. The van der Waals surface area contributed by atoms with E-state index < -0.39 is 11.8 Å². The van der Waals surface area contributed by atoms with Gasteiger partial charge >= 0.3 is 0 Å². The quantitative estimate of drug-likeness (QED) is 0.483. The van der Waals surface area contributed by atoms with E-state index in [0.29, 0.717) is 43.7 Å². The number of nitrogens with zero attached hydrogens (tertiary/aromatic N) is 2. The van der Waals surface area contributed by atoms with Crippen molar-refractivity contribution in [3.8, 4) is 5.75 Å². The number of amides is 3. The molecular formula is C30H33N3O5S. The number of likely N-dealkylation sites (tertiary alicyclic amines) is 1. The molecule has 0 unspecified atom stereocenters. The van der Waals surface area contributed by atoms with Crippen molar-refractivity contribution in [3.63, 3.8) is 0 Å². The molecule has 3 heterocycles. The van der Waals surface area contributed by atoms with Gasteiger partial charge in [0.05, 0.1) is 26.2 Å². The maximum atomic E-state index is 14.0. The van der Waals surface area contributed by atoms with E-state index in [1.54, 1.807) is 47.6 Å². The Morgan fingerprint density at radius 1 is 1.05 bits per heavy atom. The highest BCUT2D eigenvalue weighted by atomic mass is 32.1. The van der Waals surface area contributed by atoms with Crippen LogP contribution in [0, 0.1) is 0 Å². The van der Waals surface area contributed by atoms with Gasteiger partial charge in [-0.1, -0.05) is 36.4 Å². The zero-order valence-electron chi connectivity index (χ0n) is 22.2. The van der Waals surface area contributed by atoms with E-state index in [-0.39, 0.29) is 30.4 Å². The van der Waals surface area contributed by atoms with E-state index in [4.69, 9.17) is 9.47 Å². The first-order valence-electron chi connectivity index (χ1n) is 13.2. The minimum absolute atomic E-state index is 0.0595. The van der Waals surface area contributed by atoms with Gasteiger partial charge in [-0.25, -0.2) is 0 Å². The lowest BCUT2D eigenvalue weighted by atomic mass is 9.96. The predicted octanol–water partition coefficient (Wildman–Crippen LogP) is 4.04. The molecule has 5 rings (SSSR count). The van der Waals surface area contributed by atoms with Crippen LogP contribution in [0.25, 0.3) is 0 Å². The highest BCUT2D eigenvalue weighted by Crippen LogP contribution is 2.39. The number of nitrogens with one attached hydrogen (secondary N) is 1. The molecule has 2 aromatic carbocycles. The van der Waals surface area contributed by atoms with E-state index in [9.17, 15) is 14.4 Å². The number of benzene rings is 2. The molecule has 1 N–H and O–H groups in total. The van der Waals surface area contributed by atoms with Gasteiger partial charge in [-0.05, 0) is 48.2 Å². The van der Waals surface area contributed by atoms with Crippen molar-refractivity contribution < 1.29 is 23.9 Å². The van der Waals surface area contributed by atoms with Crippen molar-refractivity contribution >= 4 is 29.1 Å². The number of carbonyl (C=O) groups is 3. The minimum atomic E-state index is -0.964. The lowest BCUT2D eigenvalue weighted by molar-refractivity contribution is -0.143. The molecule has 1 aromatic heterocycles. The van der Waals surface area contributed by atoms with Crippen LogP contribution in [0.5, 0.6) is 5.75 Å². The van der Waals surface area contributed by atoms with Gasteiger partial charge in [0.15, 0.2) is 0 Å². The third kappa shape index (κ3) is 5.69. The second-order valence-corrected chi connectivity index (χ2v) is 11.0. The van der Waals surface area contributed by atoms with Gasteiger partial charge in [0.25, 0.3) is 5.91 Å². The zero-order chi connectivity index (χ0) is 27.4. The second-order valence-electron chi connectivity index (χ2n) is 9.95. The van der Waals surface area contributed by atoms with Crippen molar-refractivity contribution in [2.45, 2.75) is 44.0 Å². The minimum Gasteiger partial charge on any atom is -0.497 e. The summed E-state index contributed by atoms with van der Waals surface area (Å²) in [6, 6.07) is 19.5. The van der Waals surface area contributed by atoms with Crippen LogP contribution in [0.4, 0.5) is 0 Å². The van der Waals surface area contributed by atoms with Crippen LogP contribution in [0.15, 0.2) is 72.1 Å². The molecule has 0 aliphatic carbocycles. The maximum Gasteiger partial charge on any atom is 0.256 e. The Kier molecular flexibility index (Phi) is 7.99. The van der Waals surface area contributed by atoms with Gasteiger partial charge in [-0.15, -0.1) is 11.3 Å². The molecule has 2 saturated heterocycles. The van der Waals surface area contributed by atoms with Crippen LogP contribution in [0.3, 0.4) is 0 Å². The fourth-order valence-electron chi connectivity index (χ4n) is 5.35. The van der Waals surface area contributed by atoms with Crippen LogP contribution in [-0.2, 0) is 20.7 Å². The summed E-state index contributed by atoms with van der Waals surface area (Å²) in [6.07, 6.45) is 1.23. The summed E-state index contributed by atoms with van der Waals surface area (Å²) in [4.78, 5) is 44.9. The number of hydrogen-bond acceptors (Lipinski definition) is 6. The third-order valence-electron chi connectivity index (χ3n) is 7.58. The number of piperidine rings is 1. The van der Waals surface area contributed by atoms with Crippen molar-refractivity contribution in [1.29, 1.82) is 0 Å². The number of ether oxygens (including phenoxy) is 2. The van der Waals surface area contributed by atoms with Crippen molar-refractivity contribution in [2.75, 3.05) is 26.8 Å². The van der Waals surface area contributed by atoms with Crippen molar-refractivity contribution in [2.24, 2.45) is 0 Å². The molecule has 2 fully saturated rings. The summed E-state index contributed by atoms with van der Waals surface area (Å²) in [5.74, 6) is 0.161. The molecule has 3 aromatic rings. The first-order chi connectivity index (χ1) is 18.9. The Bertz CT molecular complexity index is 1290. The SMILES string of the molecule is COc1ccc(C(=O)N2[C@@H](C(=O)N[C@@H](C)c3ccccc3)COC23CCN(C(=O)Cc2cccs2)CC3)cc1. The highest BCUT2D eigenvalue weighted by molar-refractivity contribution is 7.10. The van der Waals surface area contributed by atoms with E-state index in [1.165, 1.54) is 0 Å². The van der Waals surface area contributed by atoms with Crippen LogP contribution >= 0.6 is 11.3 Å². The summed E-state index contributed by atoms with van der Waals surface area (Å²) in [5.41, 5.74) is 0.463. The van der Waals surface area contributed by atoms with E-state index in [2.05, 4.69) is 5.32 Å². The summed E-state index contributed by atoms with van der Waals surface area (Å²) in [5, 5.41) is 5.04. The third-order valence-corrected chi connectivity index (χ3v) is 8.46. The molecule has 1 spiro atoms.